The molecule has 1 aromatic rings. The van der Waals surface area contributed by atoms with E-state index in [1.807, 2.05) is 0 Å². The van der Waals surface area contributed by atoms with E-state index in [0.29, 0.717) is 0 Å². The molecule has 27 heteroatoms. The summed E-state index contributed by atoms with van der Waals surface area (Å²) in [7, 11) is -22.7. The summed E-state index contributed by atoms with van der Waals surface area (Å²) in [6.07, 6.45) is 0. The fourth-order valence-electron chi connectivity index (χ4n) is 4.33. The molecular weight excluding hydrogens is 786 g/mol. The number of hydrogen-bond donors (Lipinski definition) is 0. The van der Waals surface area contributed by atoms with E-state index in [-0.39, 0.29) is 0 Å². The Labute approximate surface area is 249 Å². The second kappa shape index (κ2) is 10.4. The van der Waals surface area contributed by atoms with Gasteiger partial charge in [0, 0.05) is 31.3 Å². The fourth-order valence-corrected chi connectivity index (χ4v) is 6.29. The lowest BCUT2D eigenvalue weighted by atomic mass is 10.1. The lowest BCUT2D eigenvalue weighted by molar-refractivity contribution is -0.0438. The normalized spacial score (nSPS) is 17.5. The van der Waals surface area contributed by atoms with E-state index < -0.39 is 145 Å². The van der Waals surface area contributed by atoms with Crippen LogP contribution in [0.5, 0.6) is 0 Å². The quantitative estimate of drug-likeness (QED) is 0.437. The molecule has 6 nitrogen and oxygen atoms in total. The van der Waals surface area contributed by atoms with Gasteiger partial charge in [-0.2, -0.15) is 52.7 Å². The Hall–Kier alpha value is -3.75. The van der Waals surface area contributed by atoms with Gasteiger partial charge in [-0.3, -0.25) is 0 Å². The Morgan fingerprint density at radius 3 is 0.562 bits per heavy atom. The van der Waals surface area contributed by atoms with Crippen LogP contribution in [-0.2, 0) is 29.5 Å². The van der Waals surface area contributed by atoms with Gasteiger partial charge in [0.25, 0.3) is 0 Å². The third kappa shape index (κ3) is 4.58. The third-order valence-electron chi connectivity index (χ3n) is 6.35. The van der Waals surface area contributed by atoms with Crippen molar-refractivity contribution >= 4 is 64.5 Å². The molecule has 0 heterocycles. The van der Waals surface area contributed by atoms with Crippen molar-refractivity contribution < 1.29 is 104 Å². The van der Waals surface area contributed by atoms with E-state index in [1.54, 1.807) is 0 Å². The molecule has 264 valence electrons. The van der Waals surface area contributed by atoms with E-state index >= 15 is 26.3 Å². The summed E-state index contributed by atoms with van der Waals surface area (Å²) in [5.41, 5.74) is -30.0. The zero-order valence-electron chi connectivity index (χ0n) is 21.0. The SMILES string of the molecule is O=S(=O)(C(F)=C1C(F)=c2c3c(c4c(c2=C1F)=C(F)C(=C(F)S(=O)(=O)C(F)(F)F)C=4F)=C(F)C(=C(F)S(=O)(=O)C(F)(F)F)C=3F)C(F)(F)F. The van der Waals surface area contributed by atoms with Crippen LogP contribution in [0, 0.1) is 0 Å². The highest BCUT2D eigenvalue weighted by Gasteiger charge is 2.54. The molecule has 0 spiro atoms. The summed E-state index contributed by atoms with van der Waals surface area (Å²) in [6, 6.07) is 0. The molecule has 3 aliphatic carbocycles. The van der Waals surface area contributed by atoms with Gasteiger partial charge in [-0.05, 0) is 0 Å². The second-order valence-electron chi connectivity index (χ2n) is 8.93. The highest BCUT2D eigenvalue weighted by Crippen LogP contribution is 2.41. The molecule has 0 bridgehead atoms. The molecule has 4 rings (SSSR count). The summed E-state index contributed by atoms with van der Waals surface area (Å²) in [4.78, 5) is 0. The summed E-state index contributed by atoms with van der Waals surface area (Å²) in [5.74, 6) is -19.5. The maximum Gasteiger partial charge on any atom is 0.504 e. The predicted octanol–water partition coefficient (Wildman–Crippen LogP) is 2.54. The van der Waals surface area contributed by atoms with Crippen LogP contribution in [0.3, 0.4) is 0 Å². The average molecular weight is 786 g/mol. The van der Waals surface area contributed by atoms with E-state index in [9.17, 15) is 77.9 Å². The monoisotopic (exact) mass is 786 g/mol. The number of halogens is 18. The molecule has 0 radical (unpaired) electrons. The van der Waals surface area contributed by atoms with Crippen LogP contribution in [0.1, 0.15) is 0 Å². The lowest BCUT2D eigenvalue weighted by Crippen LogP contribution is -2.64. The first-order valence-electron chi connectivity index (χ1n) is 10.9. The Morgan fingerprint density at radius 1 is 0.333 bits per heavy atom. The Balaban J connectivity index is 2.57. The number of sulfone groups is 3. The van der Waals surface area contributed by atoms with E-state index in [2.05, 4.69) is 0 Å². The van der Waals surface area contributed by atoms with Crippen molar-refractivity contribution in [3.63, 3.8) is 0 Å². The Kier molecular flexibility index (Phi) is 8.02. The smallest absolute Gasteiger partial charge is 0.212 e. The van der Waals surface area contributed by atoms with Gasteiger partial charge in [-0.15, -0.1) is 0 Å². The van der Waals surface area contributed by atoms with Crippen LogP contribution < -0.4 is 31.3 Å². The van der Waals surface area contributed by atoms with Gasteiger partial charge in [0.2, 0.25) is 15.5 Å². The molecule has 0 unspecified atom stereocenters. The molecule has 48 heavy (non-hydrogen) atoms. The van der Waals surface area contributed by atoms with Gasteiger partial charge in [-0.1, -0.05) is 0 Å². The van der Waals surface area contributed by atoms with Gasteiger partial charge >= 0.3 is 46.0 Å². The highest BCUT2D eigenvalue weighted by atomic mass is 32.2. The molecule has 0 saturated carbocycles. The number of allylic oxidation sites excluding steroid dienone is 3. The zero-order valence-corrected chi connectivity index (χ0v) is 23.4. The first kappa shape index (κ1) is 37.1. The lowest BCUT2D eigenvalue weighted by Gasteiger charge is -2.08. The number of fused-ring (bicyclic) bond motifs is 6. The van der Waals surface area contributed by atoms with Crippen molar-refractivity contribution in [2.75, 3.05) is 0 Å². The molecule has 0 amide bonds. The van der Waals surface area contributed by atoms with Crippen molar-refractivity contribution in [2.45, 2.75) is 16.5 Å². The molecule has 0 aromatic heterocycles. The van der Waals surface area contributed by atoms with E-state index in [1.165, 1.54) is 0 Å². The number of alkyl halides is 9. The summed E-state index contributed by atoms with van der Waals surface area (Å²) in [6.45, 7) is 0. The number of rotatable bonds is 3. The Morgan fingerprint density at radius 2 is 0.458 bits per heavy atom. The maximum atomic E-state index is 15.4. The topological polar surface area (TPSA) is 102 Å². The Bertz CT molecular complexity index is 2190. The number of benzene rings is 1. The van der Waals surface area contributed by atoms with Crippen molar-refractivity contribution in [1.29, 1.82) is 0 Å². The van der Waals surface area contributed by atoms with Crippen LogP contribution in [0.4, 0.5) is 79.0 Å². The maximum absolute atomic E-state index is 15.4. The molecule has 0 atom stereocenters. The molecule has 0 saturated heterocycles. The molecule has 0 fully saturated rings. The van der Waals surface area contributed by atoms with Crippen LogP contribution in [-0.4, -0.2) is 41.8 Å². The third-order valence-corrected chi connectivity index (χ3v) is 10.2. The first-order chi connectivity index (χ1) is 21.3. The standard InChI is InChI=1S/C21F18O6S3/c22-10-1-2(11(23)7(10)16(28)46(40,41)19(31,32)33)4-6(15(27)9(14(4)26)18(30)48(44,45)21(37,38)39)5-3(1)12(24)8(13(5)25)17(29)47(42,43)20(34,35)36. The summed E-state index contributed by atoms with van der Waals surface area (Å²) < 4.78 is 322. The summed E-state index contributed by atoms with van der Waals surface area (Å²) >= 11 is 0. The number of hydrogen-bond acceptors (Lipinski definition) is 6. The average Bonchev–Trinajstić information content (AvgIpc) is 3.43. The van der Waals surface area contributed by atoms with Crippen LogP contribution in [0.25, 0.3) is 35.0 Å². The van der Waals surface area contributed by atoms with Crippen molar-refractivity contribution in [3.8, 4) is 0 Å². The van der Waals surface area contributed by atoms with Crippen molar-refractivity contribution in [2.24, 2.45) is 0 Å². The van der Waals surface area contributed by atoms with Crippen molar-refractivity contribution in [1.82, 2.24) is 0 Å². The summed E-state index contributed by atoms with van der Waals surface area (Å²) in [5, 5.41) is -27.3. The van der Waals surface area contributed by atoms with E-state index in [0.717, 1.165) is 0 Å². The first-order valence-corrected chi connectivity index (χ1v) is 15.3. The van der Waals surface area contributed by atoms with E-state index in [4.69, 9.17) is 0 Å². The van der Waals surface area contributed by atoms with Gasteiger partial charge in [0.05, 0.1) is 16.7 Å². The second-order valence-corrected chi connectivity index (χ2v) is 14.4. The molecule has 0 N–H and O–H groups in total. The minimum Gasteiger partial charge on any atom is -0.212 e. The minimum absolute atomic E-state index is 2.58. The van der Waals surface area contributed by atoms with Crippen LogP contribution in [0.15, 0.2) is 32.2 Å². The molecule has 3 aliphatic rings. The van der Waals surface area contributed by atoms with Crippen molar-refractivity contribution in [3.05, 3.63) is 63.5 Å². The molecule has 1 aromatic carbocycles. The van der Waals surface area contributed by atoms with Gasteiger partial charge < -0.3 is 0 Å². The minimum atomic E-state index is -7.56. The van der Waals surface area contributed by atoms with Crippen LogP contribution >= 0.6 is 0 Å². The van der Waals surface area contributed by atoms with Gasteiger partial charge in [0.15, 0.2) is 0 Å². The van der Waals surface area contributed by atoms with Gasteiger partial charge in [-0.25, -0.2) is 51.6 Å². The van der Waals surface area contributed by atoms with Gasteiger partial charge in [0.1, 0.15) is 35.0 Å². The largest absolute Gasteiger partial charge is 0.504 e. The predicted molar refractivity (Wildman–Crippen MR) is 121 cm³/mol. The van der Waals surface area contributed by atoms with Crippen LogP contribution in [0.2, 0.25) is 0 Å². The fraction of sp³-hybridized carbons (Fsp3) is 0.143. The molecule has 0 aliphatic heterocycles. The zero-order chi connectivity index (χ0) is 37.4. The molecular formula is C21F18O6S3. The highest BCUT2D eigenvalue weighted by molar-refractivity contribution is 7.96.